The third-order valence-electron chi connectivity index (χ3n) is 2.20. The van der Waals surface area contributed by atoms with Crippen molar-refractivity contribution in [3.8, 4) is 11.3 Å². The van der Waals surface area contributed by atoms with E-state index in [0.717, 1.165) is 16.9 Å². The van der Waals surface area contributed by atoms with Crippen LogP contribution in [-0.2, 0) is 0 Å². The number of furan rings is 1. The zero-order valence-corrected chi connectivity index (χ0v) is 7.97. The van der Waals surface area contributed by atoms with E-state index in [1.807, 2.05) is 36.4 Å². The maximum absolute atomic E-state index is 9.56. The molecule has 1 atom stereocenters. The first-order valence-electron chi connectivity index (χ1n) is 4.60. The van der Waals surface area contributed by atoms with E-state index >= 15 is 0 Å². The van der Waals surface area contributed by atoms with Gasteiger partial charge in [0.2, 0.25) is 0 Å². The van der Waals surface area contributed by atoms with E-state index < -0.39 is 6.10 Å². The van der Waals surface area contributed by atoms with E-state index in [-0.39, 0.29) is 0 Å². The largest absolute Gasteiger partial charge is 0.464 e. The Balaban J connectivity index is 2.53. The van der Waals surface area contributed by atoms with E-state index in [2.05, 4.69) is 0 Å². The Morgan fingerprint density at radius 1 is 1.14 bits per heavy atom. The Kier molecular flexibility index (Phi) is 2.37. The molecule has 0 fully saturated rings. The van der Waals surface area contributed by atoms with Crippen molar-refractivity contribution in [3.63, 3.8) is 0 Å². The van der Waals surface area contributed by atoms with Crippen LogP contribution in [0.3, 0.4) is 0 Å². The molecule has 2 aromatic rings. The molecule has 1 heterocycles. The first-order chi connectivity index (χ1) is 6.79. The normalized spacial score (nSPS) is 12.7. The van der Waals surface area contributed by atoms with Crippen LogP contribution in [0.25, 0.3) is 11.3 Å². The third kappa shape index (κ3) is 1.56. The average Bonchev–Trinajstić information content (AvgIpc) is 2.70. The second-order valence-electron chi connectivity index (χ2n) is 3.24. The summed E-state index contributed by atoms with van der Waals surface area (Å²) in [6.45, 7) is 1.75. The molecule has 1 unspecified atom stereocenters. The molecular weight excluding hydrogens is 176 g/mol. The summed E-state index contributed by atoms with van der Waals surface area (Å²) in [5.74, 6) is 0.793. The van der Waals surface area contributed by atoms with Crippen LogP contribution < -0.4 is 0 Å². The lowest BCUT2D eigenvalue weighted by Crippen LogP contribution is -1.93. The minimum absolute atomic E-state index is 0.476. The Morgan fingerprint density at radius 3 is 2.57 bits per heavy atom. The summed E-state index contributed by atoms with van der Waals surface area (Å²) in [7, 11) is 0. The minimum atomic E-state index is -0.476. The molecule has 0 aliphatic heterocycles. The number of aliphatic hydroxyl groups is 1. The molecular formula is C12H12O2. The lowest BCUT2D eigenvalue weighted by molar-refractivity contribution is 0.199. The maximum atomic E-state index is 9.56. The van der Waals surface area contributed by atoms with Gasteiger partial charge < -0.3 is 9.52 Å². The fourth-order valence-corrected chi connectivity index (χ4v) is 1.52. The molecule has 0 spiro atoms. The van der Waals surface area contributed by atoms with Crippen molar-refractivity contribution in [2.24, 2.45) is 0 Å². The van der Waals surface area contributed by atoms with Crippen LogP contribution in [0.5, 0.6) is 0 Å². The molecule has 1 N–H and O–H groups in total. The van der Waals surface area contributed by atoms with E-state index in [1.54, 1.807) is 13.2 Å². The van der Waals surface area contributed by atoms with Crippen LogP contribution in [-0.4, -0.2) is 5.11 Å². The zero-order valence-electron chi connectivity index (χ0n) is 7.97. The van der Waals surface area contributed by atoms with Gasteiger partial charge in [0.05, 0.1) is 12.4 Å². The van der Waals surface area contributed by atoms with Gasteiger partial charge in [0.15, 0.2) is 0 Å². The van der Waals surface area contributed by atoms with Crippen LogP contribution in [0, 0.1) is 0 Å². The third-order valence-corrected chi connectivity index (χ3v) is 2.20. The summed E-state index contributed by atoms with van der Waals surface area (Å²) in [4.78, 5) is 0. The summed E-state index contributed by atoms with van der Waals surface area (Å²) in [6.07, 6.45) is 1.16. The highest BCUT2D eigenvalue weighted by Crippen LogP contribution is 2.27. The summed E-state index contributed by atoms with van der Waals surface area (Å²) < 4.78 is 5.30. The fourth-order valence-electron chi connectivity index (χ4n) is 1.52. The van der Waals surface area contributed by atoms with Gasteiger partial charge >= 0.3 is 0 Å². The quantitative estimate of drug-likeness (QED) is 0.785. The predicted molar refractivity (Wildman–Crippen MR) is 54.8 cm³/mol. The van der Waals surface area contributed by atoms with Crippen LogP contribution in [0.2, 0.25) is 0 Å². The predicted octanol–water partition coefficient (Wildman–Crippen LogP) is 3.00. The highest BCUT2D eigenvalue weighted by molar-refractivity contribution is 5.62. The molecule has 0 saturated heterocycles. The molecule has 14 heavy (non-hydrogen) atoms. The smallest absolute Gasteiger partial charge is 0.134 e. The molecule has 2 nitrogen and oxygen atoms in total. The number of rotatable bonds is 2. The highest BCUT2D eigenvalue weighted by Gasteiger charge is 2.10. The average molecular weight is 188 g/mol. The van der Waals surface area contributed by atoms with Gasteiger partial charge in [-0.3, -0.25) is 0 Å². The van der Waals surface area contributed by atoms with Gasteiger partial charge in [0.25, 0.3) is 0 Å². The van der Waals surface area contributed by atoms with Crippen LogP contribution in [0.4, 0.5) is 0 Å². The number of benzene rings is 1. The van der Waals surface area contributed by atoms with Gasteiger partial charge in [-0.2, -0.15) is 0 Å². The molecule has 1 aromatic carbocycles. The van der Waals surface area contributed by atoms with Gasteiger partial charge in [-0.25, -0.2) is 0 Å². The lowest BCUT2D eigenvalue weighted by atomic mass is 10.0. The number of aliphatic hydroxyl groups excluding tert-OH is 1. The standard InChI is InChI=1S/C12H12O2/c1-9(13)10-5-2-3-6-11(10)12-7-4-8-14-12/h2-9,13H,1H3. The van der Waals surface area contributed by atoms with Crippen LogP contribution >= 0.6 is 0 Å². The summed E-state index contributed by atoms with van der Waals surface area (Å²) in [5, 5.41) is 9.56. The fraction of sp³-hybridized carbons (Fsp3) is 0.167. The minimum Gasteiger partial charge on any atom is -0.464 e. The number of hydrogen-bond donors (Lipinski definition) is 1. The molecule has 72 valence electrons. The molecule has 0 radical (unpaired) electrons. The van der Waals surface area contributed by atoms with E-state index in [0.29, 0.717) is 0 Å². The van der Waals surface area contributed by atoms with Crippen molar-refractivity contribution in [1.82, 2.24) is 0 Å². The summed E-state index contributed by atoms with van der Waals surface area (Å²) in [6, 6.07) is 11.4. The first kappa shape index (κ1) is 9.03. The van der Waals surface area contributed by atoms with E-state index in [1.165, 1.54) is 0 Å². The van der Waals surface area contributed by atoms with Crippen molar-refractivity contribution in [2.75, 3.05) is 0 Å². The molecule has 0 saturated carbocycles. The Bertz CT molecular complexity index is 402. The van der Waals surface area contributed by atoms with Crippen molar-refractivity contribution in [2.45, 2.75) is 13.0 Å². The first-order valence-corrected chi connectivity index (χ1v) is 4.60. The van der Waals surface area contributed by atoms with Crippen LogP contribution in [0.15, 0.2) is 47.1 Å². The number of hydrogen-bond acceptors (Lipinski definition) is 2. The molecule has 0 amide bonds. The Morgan fingerprint density at radius 2 is 1.93 bits per heavy atom. The molecule has 1 aromatic heterocycles. The summed E-state index contributed by atoms with van der Waals surface area (Å²) >= 11 is 0. The van der Waals surface area contributed by atoms with Gasteiger partial charge in [-0.1, -0.05) is 24.3 Å². The van der Waals surface area contributed by atoms with Crippen molar-refractivity contribution in [1.29, 1.82) is 0 Å². The second kappa shape index (κ2) is 3.68. The van der Waals surface area contributed by atoms with Gasteiger partial charge in [0.1, 0.15) is 5.76 Å². The van der Waals surface area contributed by atoms with Gasteiger partial charge in [-0.05, 0) is 24.6 Å². The molecule has 2 rings (SSSR count). The van der Waals surface area contributed by atoms with Crippen molar-refractivity contribution in [3.05, 3.63) is 48.2 Å². The topological polar surface area (TPSA) is 33.4 Å². The summed E-state index contributed by atoms with van der Waals surface area (Å²) in [5.41, 5.74) is 1.84. The van der Waals surface area contributed by atoms with E-state index in [9.17, 15) is 5.11 Å². The molecule has 0 bridgehead atoms. The lowest BCUT2D eigenvalue weighted by Gasteiger charge is -2.09. The second-order valence-corrected chi connectivity index (χ2v) is 3.24. The molecule has 0 aliphatic carbocycles. The maximum Gasteiger partial charge on any atom is 0.134 e. The highest BCUT2D eigenvalue weighted by atomic mass is 16.3. The Labute approximate surface area is 82.8 Å². The zero-order chi connectivity index (χ0) is 9.97. The van der Waals surface area contributed by atoms with Crippen molar-refractivity contribution < 1.29 is 9.52 Å². The van der Waals surface area contributed by atoms with Gasteiger partial charge in [0, 0.05) is 5.56 Å². The van der Waals surface area contributed by atoms with E-state index in [4.69, 9.17) is 4.42 Å². The molecule has 2 heteroatoms. The van der Waals surface area contributed by atoms with Crippen molar-refractivity contribution >= 4 is 0 Å². The Hall–Kier alpha value is -1.54. The monoisotopic (exact) mass is 188 g/mol. The van der Waals surface area contributed by atoms with Gasteiger partial charge in [-0.15, -0.1) is 0 Å². The van der Waals surface area contributed by atoms with Crippen LogP contribution in [0.1, 0.15) is 18.6 Å². The SMILES string of the molecule is CC(O)c1ccccc1-c1ccco1. The molecule has 0 aliphatic rings.